The number of carbonyl (C=O) groups excluding carboxylic acids is 2. The molecular weight excluding hydrogens is 398 g/mol. The van der Waals surface area contributed by atoms with Crippen molar-refractivity contribution in [3.8, 4) is 5.75 Å². The van der Waals surface area contributed by atoms with Crippen LogP contribution in [0, 0.1) is 0 Å². The first-order valence-electron chi connectivity index (χ1n) is 7.22. The highest BCUT2D eigenvalue weighted by atomic mass is 35.5. The van der Waals surface area contributed by atoms with Crippen molar-refractivity contribution >= 4 is 62.4 Å². The molecule has 0 fully saturated rings. The maximum Gasteiger partial charge on any atom is 0.252 e. The number of nitrogens with one attached hydrogen (secondary N) is 2. The summed E-state index contributed by atoms with van der Waals surface area (Å²) in [6.07, 6.45) is 0. The zero-order valence-electron chi connectivity index (χ0n) is 13.0. The van der Waals surface area contributed by atoms with E-state index in [9.17, 15) is 19.5 Å². The largest absolute Gasteiger partial charge is 0.506 e. The number of anilines is 1. The average molecular weight is 410 g/mol. The standard InChI is InChI=1S/C16H12ClN3O4S2/c17-7-3-1-2-4-8(7)19-11(23)6-25-16-12(15(18)24)13-14(26-16)9(21)5-10(22)20-13/h1-5H,6H2,(H2,18,24)(H,19,23)(H2,20,21,22). The monoisotopic (exact) mass is 409 g/mol. The lowest BCUT2D eigenvalue weighted by atomic mass is 10.2. The fourth-order valence-corrected chi connectivity index (χ4v) is 4.70. The molecular formula is C16H12ClN3O4S2. The number of aromatic hydroxyl groups is 1. The molecule has 0 saturated heterocycles. The van der Waals surface area contributed by atoms with E-state index in [4.69, 9.17) is 17.3 Å². The van der Waals surface area contributed by atoms with Gasteiger partial charge >= 0.3 is 0 Å². The van der Waals surface area contributed by atoms with Gasteiger partial charge < -0.3 is 21.1 Å². The number of hydrogen-bond acceptors (Lipinski definition) is 6. The second-order valence-corrected chi connectivity index (χ2v) is 7.84. The predicted molar refractivity (Wildman–Crippen MR) is 103 cm³/mol. The molecule has 0 spiro atoms. The number of hydrogen-bond donors (Lipinski definition) is 4. The number of halogens is 1. The smallest absolute Gasteiger partial charge is 0.252 e. The topological polar surface area (TPSA) is 125 Å². The Morgan fingerprint density at radius 2 is 2.08 bits per heavy atom. The van der Waals surface area contributed by atoms with Crippen LogP contribution in [-0.2, 0) is 4.79 Å². The molecule has 134 valence electrons. The van der Waals surface area contributed by atoms with Gasteiger partial charge in [-0.15, -0.1) is 23.1 Å². The van der Waals surface area contributed by atoms with Gasteiger partial charge in [0, 0.05) is 6.07 Å². The Morgan fingerprint density at radius 3 is 2.77 bits per heavy atom. The van der Waals surface area contributed by atoms with E-state index in [1.807, 2.05) is 0 Å². The van der Waals surface area contributed by atoms with Crippen molar-refractivity contribution in [2.75, 3.05) is 11.1 Å². The van der Waals surface area contributed by atoms with Crippen LogP contribution in [0.4, 0.5) is 5.69 Å². The van der Waals surface area contributed by atoms with Crippen LogP contribution in [0.15, 0.2) is 39.3 Å². The minimum Gasteiger partial charge on any atom is -0.506 e. The van der Waals surface area contributed by atoms with E-state index in [-0.39, 0.29) is 28.5 Å². The summed E-state index contributed by atoms with van der Waals surface area (Å²) in [5, 5.41) is 13.0. The normalized spacial score (nSPS) is 10.8. The van der Waals surface area contributed by atoms with Gasteiger partial charge in [0.1, 0.15) is 5.75 Å². The van der Waals surface area contributed by atoms with Gasteiger partial charge in [-0.05, 0) is 12.1 Å². The molecule has 1 aromatic carbocycles. The van der Waals surface area contributed by atoms with E-state index in [1.54, 1.807) is 24.3 Å². The first-order chi connectivity index (χ1) is 12.4. The SMILES string of the molecule is NC(=O)c1c(SCC(=O)Nc2ccccc2Cl)sc2c(O)cc(=O)[nH]c12. The highest BCUT2D eigenvalue weighted by Gasteiger charge is 2.21. The van der Waals surface area contributed by atoms with E-state index in [2.05, 4.69) is 10.3 Å². The molecule has 5 N–H and O–H groups in total. The number of aromatic amines is 1. The Hall–Kier alpha value is -2.49. The average Bonchev–Trinajstić information content (AvgIpc) is 2.94. The zero-order chi connectivity index (χ0) is 18.8. The number of carbonyl (C=O) groups is 2. The summed E-state index contributed by atoms with van der Waals surface area (Å²) in [6, 6.07) is 7.83. The van der Waals surface area contributed by atoms with Crippen molar-refractivity contribution in [1.82, 2.24) is 4.98 Å². The molecule has 2 amide bonds. The number of aromatic nitrogens is 1. The molecule has 0 unspecified atom stereocenters. The van der Waals surface area contributed by atoms with Crippen LogP contribution in [0.2, 0.25) is 5.02 Å². The summed E-state index contributed by atoms with van der Waals surface area (Å²) >= 11 is 8.15. The Labute approximate surface area is 160 Å². The summed E-state index contributed by atoms with van der Waals surface area (Å²) in [5.41, 5.74) is 5.58. The first kappa shape index (κ1) is 18.3. The van der Waals surface area contributed by atoms with Gasteiger partial charge in [0.25, 0.3) is 11.5 Å². The van der Waals surface area contributed by atoms with E-state index in [0.29, 0.717) is 19.6 Å². The van der Waals surface area contributed by atoms with Crippen molar-refractivity contribution in [3.05, 3.63) is 51.3 Å². The number of pyridine rings is 1. The summed E-state index contributed by atoms with van der Waals surface area (Å²) < 4.78 is 0.756. The fraction of sp³-hybridized carbons (Fsp3) is 0.0625. The van der Waals surface area contributed by atoms with E-state index in [1.165, 1.54) is 0 Å². The molecule has 2 aromatic heterocycles. The number of primary amides is 1. The molecule has 0 aliphatic rings. The molecule has 3 rings (SSSR count). The number of nitrogens with two attached hydrogens (primary N) is 1. The molecule has 0 saturated carbocycles. The van der Waals surface area contributed by atoms with Crippen LogP contribution in [-0.4, -0.2) is 27.7 Å². The maximum absolute atomic E-state index is 12.1. The van der Waals surface area contributed by atoms with Crippen molar-refractivity contribution in [3.63, 3.8) is 0 Å². The third-order valence-electron chi connectivity index (χ3n) is 3.35. The minimum absolute atomic E-state index is 0.0106. The van der Waals surface area contributed by atoms with Crippen molar-refractivity contribution < 1.29 is 14.7 Å². The van der Waals surface area contributed by atoms with E-state index < -0.39 is 11.5 Å². The van der Waals surface area contributed by atoms with Crippen molar-refractivity contribution in [2.45, 2.75) is 4.21 Å². The quantitative estimate of drug-likeness (QED) is 0.482. The lowest BCUT2D eigenvalue weighted by Gasteiger charge is -2.06. The third kappa shape index (κ3) is 3.69. The lowest BCUT2D eigenvalue weighted by molar-refractivity contribution is -0.113. The Bertz CT molecular complexity index is 1080. The van der Waals surface area contributed by atoms with Gasteiger partial charge in [-0.2, -0.15) is 0 Å². The van der Waals surface area contributed by atoms with Gasteiger partial charge in [0.2, 0.25) is 5.91 Å². The highest BCUT2D eigenvalue weighted by molar-refractivity contribution is 8.02. The van der Waals surface area contributed by atoms with Crippen LogP contribution >= 0.6 is 34.7 Å². The molecule has 3 aromatic rings. The molecule has 0 aliphatic carbocycles. The molecule has 7 nitrogen and oxygen atoms in total. The molecule has 0 atom stereocenters. The first-order valence-corrected chi connectivity index (χ1v) is 9.40. The number of benzene rings is 1. The number of thioether (sulfide) groups is 1. The van der Waals surface area contributed by atoms with E-state index >= 15 is 0 Å². The van der Waals surface area contributed by atoms with Crippen LogP contribution in [0.25, 0.3) is 10.2 Å². The number of H-pyrrole nitrogens is 1. The van der Waals surface area contributed by atoms with Crippen LogP contribution in [0.1, 0.15) is 10.4 Å². The summed E-state index contributed by atoms with van der Waals surface area (Å²) in [7, 11) is 0. The Kier molecular flexibility index (Phi) is 5.21. The summed E-state index contributed by atoms with van der Waals surface area (Å²) in [5.74, 6) is -1.34. The maximum atomic E-state index is 12.1. The van der Waals surface area contributed by atoms with Crippen LogP contribution in [0.5, 0.6) is 5.75 Å². The molecule has 0 bridgehead atoms. The lowest BCUT2D eigenvalue weighted by Crippen LogP contribution is -2.16. The van der Waals surface area contributed by atoms with Crippen LogP contribution < -0.4 is 16.6 Å². The summed E-state index contributed by atoms with van der Waals surface area (Å²) in [6.45, 7) is 0. The zero-order valence-corrected chi connectivity index (χ0v) is 15.4. The Balaban J connectivity index is 1.85. The fourth-order valence-electron chi connectivity index (χ4n) is 2.26. The van der Waals surface area contributed by atoms with Crippen molar-refractivity contribution in [2.24, 2.45) is 5.73 Å². The number of para-hydroxylation sites is 1. The van der Waals surface area contributed by atoms with Gasteiger partial charge in [0.15, 0.2) is 0 Å². The van der Waals surface area contributed by atoms with Crippen LogP contribution in [0.3, 0.4) is 0 Å². The number of rotatable bonds is 5. The van der Waals surface area contributed by atoms with Gasteiger partial charge in [0.05, 0.1) is 36.5 Å². The third-order valence-corrected chi connectivity index (χ3v) is 6.17. The highest BCUT2D eigenvalue weighted by Crippen LogP contribution is 2.40. The predicted octanol–water partition coefficient (Wildman–Crippen LogP) is 2.78. The van der Waals surface area contributed by atoms with Gasteiger partial charge in [-0.1, -0.05) is 23.7 Å². The molecule has 0 aliphatic heterocycles. The number of amides is 2. The Morgan fingerprint density at radius 1 is 1.35 bits per heavy atom. The van der Waals surface area contributed by atoms with E-state index in [0.717, 1.165) is 29.2 Å². The van der Waals surface area contributed by atoms with Gasteiger partial charge in [-0.25, -0.2) is 0 Å². The molecule has 2 heterocycles. The second kappa shape index (κ2) is 7.40. The van der Waals surface area contributed by atoms with Gasteiger partial charge in [-0.3, -0.25) is 14.4 Å². The molecule has 26 heavy (non-hydrogen) atoms. The molecule has 10 heteroatoms. The second-order valence-electron chi connectivity index (χ2n) is 5.17. The number of thiophene rings is 1. The number of fused-ring (bicyclic) bond motifs is 1. The molecule has 0 radical (unpaired) electrons. The summed E-state index contributed by atoms with van der Waals surface area (Å²) in [4.78, 5) is 38.0. The minimum atomic E-state index is -0.758. The van der Waals surface area contributed by atoms with Crippen molar-refractivity contribution in [1.29, 1.82) is 0 Å².